The van der Waals surface area contributed by atoms with Gasteiger partial charge in [0.05, 0.1) is 12.1 Å². The lowest BCUT2D eigenvalue weighted by atomic mass is 10.2. The van der Waals surface area contributed by atoms with Crippen LogP contribution in [-0.4, -0.2) is 23.7 Å². The highest BCUT2D eigenvalue weighted by Crippen LogP contribution is 2.16. The molecule has 20 heavy (non-hydrogen) atoms. The first-order chi connectivity index (χ1) is 9.81. The molecule has 0 aliphatic rings. The summed E-state index contributed by atoms with van der Waals surface area (Å²) < 4.78 is 0. The number of amides is 1. The lowest BCUT2D eigenvalue weighted by molar-refractivity contribution is 0.0955. The van der Waals surface area contributed by atoms with Crippen LogP contribution in [0.15, 0.2) is 53.7 Å². The molecule has 0 bridgehead atoms. The van der Waals surface area contributed by atoms with Gasteiger partial charge >= 0.3 is 0 Å². The molecule has 4 heteroatoms. The fraction of sp³-hybridized carbons (Fsp3) is 0.125. The summed E-state index contributed by atoms with van der Waals surface area (Å²) in [6.07, 6.45) is 3.58. The van der Waals surface area contributed by atoms with Crippen molar-refractivity contribution < 1.29 is 4.79 Å². The second-order valence-corrected chi connectivity index (χ2v) is 4.71. The van der Waals surface area contributed by atoms with Gasteiger partial charge in [0.25, 0.3) is 5.91 Å². The molecular weight excluding hydrogens is 268 g/mol. The highest BCUT2D eigenvalue weighted by molar-refractivity contribution is 7.98. The minimum absolute atomic E-state index is 0.148. The Morgan fingerprint density at radius 1 is 1.25 bits per heavy atom. The van der Waals surface area contributed by atoms with E-state index in [4.69, 9.17) is 0 Å². The molecule has 3 nitrogen and oxygen atoms in total. The van der Waals surface area contributed by atoms with Gasteiger partial charge < -0.3 is 5.32 Å². The van der Waals surface area contributed by atoms with E-state index in [-0.39, 0.29) is 5.91 Å². The summed E-state index contributed by atoms with van der Waals surface area (Å²) in [6, 6.07) is 13.2. The molecule has 0 aliphatic heterocycles. The number of hydrogen-bond donors (Lipinski definition) is 1. The molecule has 1 heterocycles. The second kappa shape index (κ2) is 7.37. The number of benzene rings is 1. The standard InChI is InChI=1S/C16H14N2OS/c1-20-16-14(10-6-12-18-16)15(19)17-11-5-9-13-7-3-2-4-8-13/h2-4,6-8,10,12H,11H2,1H3,(H,17,19). The van der Waals surface area contributed by atoms with Gasteiger partial charge in [0.2, 0.25) is 0 Å². The molecule has 0 aliphatic carbocycles. The Labute approximate surface area is 122 Å². The number of rotatable bonds is 3. The molecule has 0 spiro atoms. The van der Waals surface area contributed by atoms with Crippen LogP contribution in [0.2, 0.25) is 0 Å². The molecule has 0 saturated carbocycles. The van der Waals surface area contributed by atoms with Crippen molar-refractivity contribution in [3.8, 4) is 11.8 Å². The van der Waals surface area contributed by atoms with Gasteiger partial charge in [-0.1, -0.05) is 30.0 Å². The van der Waals surface area contributed by atoms with Crippen molar-refractivity contribution in [3.05, 3.63) is 59.8 Å². The predicted molar refractivity (Wildman–Crippen MR) is 81.7 cm³/mol. The van der Waals surface area contributed by atoms with Crippen molar-refractivity contribution in [2.45, 2.75) is 5.03 Å². The molecule has 2 rings (SSSR count). The van der Waals surface area contributed by atoms with Gasteiger partial charge in [0.15, 0.2) is 0 Å². The molecule has 1 amide bonds. The summed E-state index contributed by atoms with van der Waals surface area (Å²) in [7, 11) is 0. The maximum Gasteiger partial charge on any atom is 0.254 e. The fourth-order valence-electron chi connectivity index (χ4n) is 1.61. The lowest BCUT2D eigenvalue weighted by Crippen LogP contribution is -2.24. The molecule has 100 valence electrons. The van der Waals surface area contributed by atoms with Crippen LogP contribution in [0.25, 0.3) is 0 Å². The number of carbonyl (C=O) groups excluding carboxylic acids is 1. The minimum atomic E-state index is -0.148. The highest BCUT2D eigenvalue weighted by atomic mass is 32.2. The summed E-state index contributed by atoms with van der Waals surface area (Å²) >= 11 is 1.45. The zero-order valence-electron chi connectivity index (χ0n) is 11.1. The van der Waals surface area contributed by atoms with Gasteiger partial charge in [-0.25, -0.2) is 4.98 Å². The van der Waals surface area contributed by atoms with Crippen molar-refractivity contribution in [1.82, 2.24) is 10.3 Å². The van der Waals surface area contributed by atoms with Crippen molar-refractivity contribution in [2.24, 2.45) is 0 Å². The molecule has 0 fully saturated rings. The number of nitrogens with zero attached hydrogens (tertiary/aromatic N) is 1. The molecule has 2 aromatic rings. The normalized spacial score (nSPS) is 9.45. The number of pyridine rings is 1. The second-order valence-electron chi connectivity index (χ2n) is 3.91. The number of carbonyl (C=O) groups is 1. The number of aromatic nitrogens is 1. The Balaban J connectivity index is 1.95. The quantitative estimate of drug-likeness (QED) is 0.695. The molecule has 1 aromatic carbocycles. The van der Waals surface area contributed by atoms with E-state index in [9.17, 15) is 4.79 Å². The minimum Gasteiger partial charge on any atom is -0.341 e. The van der Waals surface area contributed by atoms with E-state index >= 15 is 0 Å². The maximum atomic E-state index is 12.0. The van der Waals surface area contributed by atoms with Crippen molar-refractivity contribution in [1.29, 1.82) is 0 Å². The molecule has 0 saturated heterocycles. The zero-order valence-corrected chi connectivity index (χ0v) is 11.9. The van der Waals surface area contributed by atoms with Crippen LogP contribution in [-0.2, 0) is 0 Å². The average Bonchev–Trinajstić information content (AvgIpc) is 2.52. The summed E-state index contributed by atoms with van der Waals surface area (Å²) in [6.45, 7) is 0.316. The van der Waals surface area contributed by atoms with E-state index in [1.165, 1.54) is 11.8 Å². The van der Waals surface area contributed by atoms with Crippen molar-refractivity contribution >= 4 is 17.7 Å². The molecule has 1 N–H and O–H groups in total. The Morgan fingerprint density at radius 3 is 2.80 bits per heavy atom. The van der Waals surface area contributed by atoms with E-state index in [1.807, 2.05) is 36.6 Å². The van der Waals surface area contributed by atoms with Gasteiger partial charge in [-0.05, 0) is 30.5 Å². The van der Waals surface area contributed by atoms with Crippen LogP contribution in [0, 0.1) is 11.8 Å². The van der Waals surface area contributed by atoms with Gasteiger partial charge in [0.1, 0.15) is 5.03 Å². The largest absolute Gasteiger partial charge is 0.341 e. The fourth-order valence-corrected chi connectivity index (χ4v) is 2.16. The Morgan fingerprint density at radius 2 is 2.05 bits per heavy atom. The smallest absolute Gasteiger partial charge is 0.254 e. The Kier molecular flexibility index (Phi) is 5.22. The molecule has 1 aromatic heterocycles. The zero-order chi connectivity index (χ0) is 14.2. The third kappa shape index (κ3) is 3.87. The van der Waals surface area contributed by atoms with Gasteiger partial charge in [-0.15, -0.1) is 11.8 Å². The van der Waals surface area contributed by atoms with Crippen LogP contribution < -0.4 is 5.32 Å². The monoisotopic (exact) mass is 282 g/mol. The SMILES string of the molecule is CSc1ncccc1C(=O)NCC#Cc1ccccc1. The molecule has 0 atom stereocenters. The summed E-state index contributed by atoms with van der Waals surface area (Å²) in [5, 5.41) is 3.50. The van der Waals surface area contributed by atoms with Crippen molar-refractivity contribution in [3.63, 3.8) is 0 Å². The Hall–Kier alpha value is -2.25. The van der Waals surface area contributed by atoms with E-state index in [0.29, 0.717) is 12.1 Å². The average molecular weight is 282 g/mol. The predicted octanol–water partition coefficient (Wildman–Crippen LogP) is 2.59. The van der Waals surface area contributed by atoms with Gasteiger partial charge in [0, 0.05) is 11.8 Å². The van der Waals surface area contributed by atoms with E-state index in [0.717, 1.165) is 10.6 Å². The summed E-state index contributed by atoms with van der Waals surface area (Å²) in [5.41, 5.74) is 1.52. The third-order valence-corrected chi connectivity index (χ3v) is 3.27. The number of hydrogen-bond acceptors (Lipinski definition) is 3. The van der Waals surface area contributed by atoms with Crippen LogP contribution in [0.1, 0.15) is 15.9 Å². The summed E-state index contributed by atoms with van der Waals surface area (Å²) in [5.74, 6) is 5.78. The number of nitrogens with one attached hydrogen (secondary N) is 1. The lowest BCUT2D eigenvalue weighted by Gasteiger charge is -2.04. The highest BCUT2D eigenvalue weighted by Gasteiger charge is 2.09. The van der Waals surface area contributed by atoms with Crippen LogP contribution in [0.5, 0.6) is 0 Å². The van der Waals surface area contributed by atoms with Crippen LogP contribution >= 0.6 is 11.8 Å². The van der Waals surface area contributed by atoms with Gasteiger partial charge in [-0.2, -0.15) is 0 Å². The topological polar surface area (TPSA) is 42.0 Å². The van der Waals surface area contributed by atoms with E-state index in [1.54, 1.807) is 18.3 Å². The molecular formula is C16H14N2OS. The molecule has 0 radical (unpaired) electrons. The van der Waals surface area contributed by atoms with Gasteiger partial charge in [-0.3, -0.25) is 4.79 Å². The van der Waals surface area contributed by atoms with Crippen molar-refractivity contribution in [2.75, 3.05) is 12.8 Å². The van der Waals surface area contributed by atoms with Crippen LogP contribution in [0.4, 0.5) is 0 Å². The Bertz CT molecular complexity index is 644. The van der Waals surface area contributed by atoms with E-state index < -0.39 is 0 Å². The van der Waals surface area contributed by atoms with E-state index in [2.05, 4.69) is 22.1 Å². The maximum absolute atomic E-state index is 12.0. The first kappa shape index (κ1) is 14.2. The summed E-state index contributed by atoms with van der Waals surface area (Å²) in [4.78, 5) is 16.2. The third-order valence-electron chi connectivity index (χ3n) is 2.55. The number of thioether (sulfide) groups is 1. The first-order valence-electron chi connectivity index (χ1n) is 6.12. The first-order valence-corrected chi connectivity index (χ1v) is 7.35. The molecule has 0 unspecified atom stereocenters. The van der Waals surface area contributed by atoms with Crippen LogP contribution in [0.3, 0.4) is 0 Å².